The van der Waals surface area contributed by atoms with Crippen LogP contribution >= 0.6 is 12.4 Å². The average molecular weight is 428 g/mol. The van der Waals surface area contributed by atoms with Crippen molar-refractivity contribution < 1.29 is 4.74 Å². The number of nitrogens with zero attached hydrogens (tertiary/aromatic N) is 1. The summed E-state index contributed by atoms with van der Waals surface area (Å²) in [6, 6.07) is 6.04. The maximum Gasteiger partial charge on any atom is 0.144 e. The van der Waals surface area contributed by atoms with Crippen LogP contribution < -0.4 is 4.74 Å². The van der Waals surface area contributed by atoms with E-state index in [9.17, 15) is 0 Å². The van der Waals surface area contributed by atoms with Gasteiger partial charge >= 0.3 is 0 Å². The van der Waals surface area contributed by atoms with Gasteiger partial charge in [0.25, 0.3) is 0 Å². The Kier molecular flexibility index (Phi) is 10.3. The topological polar surface area (TPSA) is 53.2 Å². The number of allylic oxidation sites excluding steroid dienone is 3. The molecule has 30 heavy (non-hydrogen) atoms. The number of rotatable bonds is 13. The second-order valence-corrected chi connectivity index (χ2v) is 7.56. The third-order valence-electron chi connectivity index (χ3n) is 5.27. The molecule has 0 radical (unpaired) electrons. The number of aromatic nitrogens is 2. The zero-order valence-corrected chi connectivity index (χ0v) is 18.8. The van der Waals surface area contributed by atoms with Crippen LogP contribution in [0.2, 0.25) is 0 Å². The Labute approximate surface area is 186 Å². The van der Waals surface area contributed by atoms with E-state index in [4.69, 9.17) is 9.73 Å². The normalized spacial score (nSPS) is 14.0. The smallest absolute Gasteiger partial charge is 0.144 e. The molecule has 0 unspecified atom stereocenters. The number of aliphatic imine (C=N–C) groups is 1. The van der Waals surface area contributed by atoms with Crippen molar-refractivity contribution in [3.63, 3.8) is 0 Å². The molecule has 1 aliphatic heterocycles. The summed E-state index contributed by atoms with van der Waals surface area (Å²) < 4.78 is 5.53. The molecule has 2 N–H and O–H groups in total. The van der Waals surface area contributed by atoms with Crippen molar-refractivity contribution in [1.82, 2.24) is 9.97 Å². The minimum absolute atomic E-state index is 0. The van der Waals surface area contributed by atoms with Crippen molar-refractivity contribution >= 4 is 24.2 Å². The Hall–Kier alpha value is -2.46. The van der Waals surface area contributed by atoms with Gasteiger partial charge in [-0.1, -0.05) is 38.2 Å². The number of H-pyrrole nitrogens is 2. The van der Waals surface area contributed by atoms with E-state index < -0.39 is 0 Å². The molecule has 3 rings (SSSR count). The molecule has 2 aromatic heterocycles. The predicted octanol–water partition coefficient (Wildman–Crippen LogP) is 7.49. The van der Waals surface area contributed by atoms with Crippen molar-refractivity contribution in [2.45, 2.75) is 57.8 Å². The predicted molar refractivity (Wildman–Crippen MR) is 131 cm³/mol. The Morgan fingerprint density at radius 3 is 2.50 bits per heavy atom. The van der Waals surface area contributed by atoms with E-state index in [2.05, 4.69) is 34.8 Å². The number of methoxy groups -OCH3 is 1. The van der Waals surface area contributed by atoms with Gasteiger partial charge in [-0.05, 0) is 56.0 Å². The SMILES string of the molecule is C=CCCCCCCCCCC1=NC(=Cc2[nH]c(-c3ccc[nH]3)cc2OC)C=C1.Cl. The highest BCUT2D eigenvalue weighted by molar-refractivity contribution is 5.99. The quantitative estimate of drug-likeness (QED) is 0.252. The number of aromatic amines is 2. The molecule has 0 amide bonds. The van der Waals surface area contributed by atoms with Gasteiger partial charge in [0.1, 0.15) is 5.75 Å². The van der Waals surface area contributed by atoms with Crippen LogP contribution in [0.5, 0.6) is 5.75 Å². The number of halogens is 1. The molecule has 0 bridgehead atoms. The average Bonchev–Trinajstić information content (AvgIpc) is 3.48. The van der Waals surface area contributed by atoms with Gasteiger partial charge in [0, 0.05) is 18.0 Å². The third-order valence-corrected chi connectivity index (χ3v) is 5.27. The second kappa shape index (κ2) is 13.0. The number of hydrogen-bond acceptors (Lipinski definition) is 2. The fourth-order valence-corrected chi connectivity index (χ4v) is 3.64. The third kappa shape index (κ3) is 7.10. The van der Waals surface area contributed by atoms with E-state index in [0.29, 0.717) is 0 Å². The lowest BCUT2D eigenvalue weighted by molar-refractivity contribution is 0.414. The monoisotopic (exact) mass is 427 g/mol. The first-order valence-corrected chi connectivity index (χ1v) is 10.8. The Balaban J connectivity index is 0.00000320. The van der Waals surface area contributed by atoms with Gasteiger partial charge in [0.15, 0.2) is 0 Å². The number of unbranched alkanes of at least 4 members (excludes halogenated alkanes) is 7. The van der Waals surface area contributed by atoms with Crippen LogP contribution in [0.4, 0.5) is 0 Å². The van der Waals surface area contributed by atoms with E-state index in [0.717, 1.165) is 41.4 Å². The summed E-state index contributed by atoms with van der Waals surface area (Å²) in [7, 11) is 1.70. The van der Waals surface area contributed by atoms with Gasteiger partial charge in [-0.2, -0.15) is 0 Å². The summed E-state index contributed by atoms with van der Waals surface area (Å²) in [4.78, 5) is 11.4. The molecule has 4 nitrogen and oxygen atoms in total. The first-order chi connectivity index (χ1) is 14.3. The first-order valence-electron chi connectivity index (χ1n) is 10.8. The summed E-state index contributed by atoms with van der Waals surface area (Å²) in [6.07, 6.45) is 21.6. The van der Waals surface area contributed by atoms with Crippen LogP contribution in [-0.2, 0) is 0 Å². The molecule has 0 spiro atoms. The van der Waals surface area contributed by atoms with E-state index in [1.807, 2.05) is 30.5 Å². The molecule has 1 aliphatic rings. The largest absolute Gasteiger partial charge is 0.494 e. The number of ether oxygens (including phenoxy) is 1. The molecule has 3 heterocycles. The fourth-order valence-electron chi connectivity index (χ4n) is 3.64. The Morgan fingerprint density at radius 1 is 1.03 bits per heavy atom. The molecule has 2 aromatic rings. The molecule has 0 saturated carbocycles. The van der Waals surface area contributed by atoms with E-state index in [-0.39, 0.29) is 12.4 Å². The van der Waals surface area contributed by atoms with Crippen LogP contribution in [-0.4, -0.2) is 22.8 Å². The van der Waals surface area contributed by atoms with Gasteiger partial charge in [-0.25, -0.2) is 0 Å². The summed E-state index contributed by atoms with van der Waals surface area (Å²) in [5, 5.41) is 0. The van der Waals surface area contributed by atoms with Crippen LogP contribution in [0.3, 0.4) is 0 Å². The first kappa shape index (κ1) is 23.8. The summed E-state index contributed by atoms with van der Waals surface area (Å²) in [6.45, 7) is 3.78. The maximum atomic E-state index is 5.53. The standard InChI is InChI=1S/C25H33N3O.ClH/c1-3-4-5-6-7-8-9-10-11-13-20-15-16-21(27-20)18-24-25(29-2)19-23(28-24)22-14-12-17-26-22;/h3,12,14-19,26,28H,1,4-11,13H2,2H3;1H. The highest BCUT2D eigenvalue weighted by atomic mass is 35.5. The summed E-state index contributed by atoms with van der Waals surface area (Å²) in [5.74, 6) is 0.826. The van der Waals surface area contributed by atoms with E-state index in [1.165, 1.54) is 50.7 Å². The maximum absolute atomic E-state index is 5.53. The number of hydrogen-bond donors (Lipinski definition) is 2. The zero-order chi connectivity index (χ0) is 20.3. The number of nitrogens with one attached hydrogen (secondary N) is 2. The fraction of sp³-hybridized carbons (Fsp3) is 0.400. The molecule has 0 atom stereocenters. The molecular formula is C25H34ClN3O. The van der Waals surface area contributed by atoms with E-state index in [1.54, 1.807) is 7.11 Å². The van der Waals surface area contributed by atoms with Gasteiger partial charge in [0.05, 0.1) is 29.9 Å². The van der Waals surface area contributed by atoms with Gasteiger partial charge in [-0.3, -0.25) is 4.99 Å². The molecular weight excluding hydrogens is 394 g/mol. The molecule has 0 aliphatic carbocycles. The van der Waals surface area contributed by atoms with Crippen LogP contribution in [0.25, 0.3) is 17.5 Å². The van der Waals surface area contributed by atoms with Crippen LogP contribution in [0.15, 0.2) is 59.9 Å². The molecule has 5 heteroatoms. The molecule has 0 saturated heterocycles. The second-order valence-electron chi connectivity index (χ2n) is 7.56. The lowest BCUT2D eigenvalue weighted by Crippen LogP contribution is -1.90. The van der Waals surface area contributed by atoms with Gasteiger partial charge in [0.2, 0.25) is 0 Å². The minimum Gasteiger partial charge on any atom is -0.494 e. The van der Waals surface area contributed by atoms with Crippen molar-refractivity contribution in [2.75, 3.05) is 7.11 Å². The van der Waals surface area contributed by atoms with Crippen molar-refractivity contribution in [1.29, 1.82) is 0 Å². The Bertz CT molecular complexity index is 859. The molecule has 0 aromatic carbocycles. The highest BCUT2D eigenvalue weighted by Crippen LogP contribution is 2.29. The van der Waals surface area contributed by atoms with E-state index >= 15 is 0 Å². The summed E-state index contributed by atoms with van der Waals surface area (Å²) in [5.41, 5.74) is 5.14. The minimum atomic E-state index is 0. The zero-order valence-electron chi connectivity index (χ0n) is 18.0. The molecule has 0 fully saturated rings. The van der Waals surface area contributed by atoms with Crippen molar-refractivity contribution in [3.8, 4) is 17.1 Å². The van der Waals surface area contributed by atoms with Crippen LogP contribution in [0, 0.1) is 0 Å². The Morgan fingerprint density at radius 2 is 1.80 bits per heavy atom. The lowest BCUT2D eigenvalue weighted by Gasteiger charge is -2.01. The van der Waals surface area contributed by atoms with Crippen molar-refractivity contribution in [2.24, 2.45) is 4.99 Å². The lowest BCUT2D eigenvalue weighted by atomic mass is 10.1. The molecule has 162 valence electrons. The highest BCUT2D eigenvalue weighted by Gasteiger charge is 2.11. The summed E-state index contributed by atoms with van der Waals surface area (Å²) >= 11 is 0. The van der Waals surface area contributed by atoms with Crippen LogP contribution in [0.1, 0.15) is 63.5 Å². The van der Waals surface area contributed by atoms with Gasteiger partial charge < -0.3 is 14.7 Å². The van der Waals surface area contributed by atoms with Gasteiger partial charge in [-0.15, -0.1) is 19.0 Å². The van der Waals surface area contributed by atoms with Crippen molar-refractivity contribution in [3.05, 3.63) is 60.6 Å².